The van der Waals surface area contributed by atoms with Gasteiger partial charge < -0.3 is 9.05 Å². The summed E-state index contributed by atoms with van der Waals surface area (Å²) in [7, 11) is -3.88. The lowest BCUT2D eigenvalue weighted by molar-refractivity contribution is -0.484. The molecule has 0 saturated carbocycles. The number of hydrogen-bond acceptors (Lipinski definition) is 6. The van der Waals surface area contributed by atoms with Crippen LogP contribution in [0.25, 0.3) is 0 Å². The summed E-state index contributed by atoms with van der Waals surface area (Å²) in [6.07, 6.45) is 0. The van der Waals surface area contributed by atoms with E-state index >= 15 is 0 Å². The van der Waals surface area contributed by atoms with Crippen LogP contribution in [0.1, 0.15) is 32.3 Å². The van der Waals surface area contributed by atoms with Gasteiger partial charge in [-0.3, -0.25) is 14.7 Å². The zero-order valence-electron chi connectivity index (χ0n) is 13.5. The minimum Gasteiger partial charge on any atom is -0.308 e. The summed E-state index contributed by atoms with van der Waals surface area (Å²) in [6.45, 7) is 4.28. The summed E-state index contributed by atoms with van der Waals surface area (Å²) >= 11 is 0. The summed E-state index contributed by atoms with van der Waals surface area (Å²) in [6, 6.07) is 10.5. The van der Waals surface area contributed by atoms with Crippen molar-refractivity contribution in [3.05, 3.63) is 46.0 Å². The lowest BCUT2D eigenvalue weighted by Crippen LogP contribution is -2.37. The van der Waals surface area contributed by atoms with E-state index in [9.17, 15) is 19.9 Å². The quantitative estimate of drug-likeness (QED) is 0.386. The Labute approximate surface area is 135 Å². The fourth-order valence-electron chi connectivity index (χ4n) is 2.42. The highest BCUT2D eigenvalue weighted by atomic mass is 31.2. The van der Waals surface area contributed by atoms with E-state index < -0.39 is 30.1 Å². The summed E-state index contributed by atoms with van der Waals surface area (Å²) in [5.41, 5.74) is 0.549. The molecule has 8 heteroatoms. The number of hydrogen-bond donors (Lipinski definition) is 0. The molecule has 0 aliphatic rings. The molecule has 0 bridgehead atoms. The molecule has 2 unspecified atom stereocenters. The van der Waals surface area contributed by atoms with Crippen LogP contribution in [0.4, 0.5) is 0 Å². The molecule has 1 aromatic carbocycles. The van der Waals surface area contributed by atoms with Crippen LogP contribution in [0.2, 0.25) is 0 Å². The van der Waals surface area contributed by atoms with E-state index in [-0.39, 0.29) is 13.2 Å². The van der Waals surface area contributed by atoms with Gasteiger partial charge in [0.2, 0.25) is 6.54 Å². The first kappa shape index (κ1) is 19.3. The first-order chi connectivity index (χ1) is 10.8. The van der Waals surface area contributed by atoms with Crippen molar-refractivity contribution in [2.45, 2.75) is 31.8 Å². The highest BCUT2D eigenvalue weighted by Crippen LogP contribution is 2.64. The van der Waals surface area contributed by atoms with Gasteiger partial charge in [-0.2, -0.15) is 5.26 Å². The Kier molecular flexibility index (Phi) is 6.89. The summed E-state index contributed by atoms with van der Waals surface area (Å²) in [4.78, 5) is 10.6. The topological polar surface area (TPSA) is 102 Å². The van der Waals surface area contributed by atoms with Crippen molar-refractivity contribution in [3.8, 4) is 6.07 Å². The number of nitro groups is 1. The summed E-state index contributed by atoms with van der Waals surface area (Å²) in [5.74, 6) is -0.923. The van der Waals surface area contributed by atoms with Gasteiger partial charge in [-0.05, 0) is 26.3 Å². The second-order valence-electron chi connectivity index (χ2n) is 5.07. The Hall–Kier alpha value is -1.74. The molecule has 0 aliphatic carbocycles. The van der Waals surface area contributed by atoms with Crippen LogP contribution in [0.15, 0.2) is 30.3 Å². The van der Waals surface area contributed by atoms with Gasteiger partial charge in [0.15, 0.2) is 5.16 Å². The predicted molar refractivity (Wildman–Crippen MR) is 85.9 cm³/mol. The maximum atomic E-state index is 13.2. The van der Waals surface area contributed by atoms with Gasteiger partial charge in [-0.15, -0.1) is 0 Å². The predicted octanol–water partition coefficient (Wildman–Crippen LogP) is 3.60. The molecule has 126 valence electrons. The molecule has 0 fully saturated rings. The summed E-state index contributed by atoms with van der Waals surface area (Å²) < 4.78 is 23.8. The van der Waals surface area contributed by atoms with Gasteiger partial charge in [-0.1, -0.05) is 30.3 Å². The number of nitrogens with zero attached hydrogens (tertiary/aromatic N) is 2. The third-order valence-corrected chi connectivity index (χ3v) is 6.35. The molecule has 0 spiro atoms. The van der Waals surface area contributed by atoms with Gasteiger partial charge in [0.1, 0.15) is 0 Å². The van der Waals surface area contributed by atoms with Crippen LogP contribution in [0.5, 0.6) is 0 Å². The van der Waals surface area contributed by atoms with Crippen molar-refractivity contribution in [1.82, 2.24) is 0 Å². The SMILES string of the molecule is CCOP(=O)(OCC)C(C)(C#N)C(C[N+](=O)[O-])c1ccccc1. The Balaban J connectivity index is 3.46. The third-order valence-electron chi connectivity index (χ3n) is 3.61. The molecule has 0 N–H and O–H groups in total. The molecule has 7 nitrogen and oxygen atoms in total. The van der Waals surface area contributed by atoms with Crippen molar-refractivity contribution in [1.29, 1.82) is 5.26 Å². The molecule has 0 heterocycles. The fourth-order valence-corrected chi connectivity index (χ4v) is 4.44. The largest absolute Gasteiger partial charge is 0.351 e. The Bertz CT molecular complexity index is 606. The van der Waals surface area contributed by atoms with Crippen molar-refractivity contribution in [2.24, 2.45) is 0 Å². The Morgan fingerprint density at radius 1 is 1.30 bits per heavy atom. The van der Waals surface area contributed by atoms with Crippen molar-refractivity contribution in [3.63, 3.8) is 0 Å². The van der Waals surface area contributed by atoms with Gasteiger partial charge in [-0.25, -0.2) is 0 Å². The molecule has 0 aromatic heterocycles. The average molecular weight is 340 g/mol. The second-order valence-corrected chi connectivity index (χ2v) is 7.51. The molecule has 1 aromatic rings. The van der Waals surface area contributed by atoms with E-state index in [1.165, 1.54) is 6.92 Å². The van der Waals surface area contributed by atoms with E-state index in [0.29, 0.717) is 5.56 Å². The van der Waals surface area contributed by atoms with Crippen LogP contribution >= 0.6 is 7.60 Å². The van der Waals surface area contributed by atoms with Crippen molar-refractivity contribution in [2.75, 3.05) is 19.8 Å². The fraction of sp³-hybridized carbons (Fsp3) is 0.533. The van der Waals surface area contributed by atoms with Crippen LogP contribution in [-0.2, 0) is 13.6 Å². The molecular weight excluding hydrogens is 319 g/mol. The zero-order chi connectivity index (χ0) is 17.5. The van der Waals surface area contributed by atoms with E-state index in [1.807, 2.05) is 6.07 Å². The first-order valence-corrected chi connectivity index (χ1v) is 8.86. The average Bonchev–Trinajstić information content (AvgIpc) is 2.53. The molecule has 0 radical (unpaired) electrons. The highest BCUT2D eigenvalue weighted by Gasteiger charge is 2.55. The lowest BCUT2D eigenvalue weighted by Gasteiger charge is -2.35. The van der Waals surface area contributed by atoms with Crippen molar-refractivity contribution < 1.29 is 18.5 Å². The van der Waals surface area contributed by atoms with Gasteiger partial charge in [0.25, 0.3) is 0 Å². The van der Waals surface area contributed by atoms with Crippen LogP contribution in [0.3, 0.4) is 0 Å². The lowest BCUT2D eigenvalue weighted by atomic mass is 9.87. The smallest absolute Gasteiger partial charge is 0.308 e. The van der Waals surface area contributed by atoms with Crippen LogP contribution in [0, 0.1) is 21.4 Å². The third kappa shape index (κ3) is 4.17. The highest BCUT2D eigenvalue weighted by molar-refractivity contribution is 7.56. The molecular formula is C15H21N2O5P. The zero-order valence-corrected chi connectivity index (χ0v) is 14.4. The molecule has 0 amide bonds. The monoisotopic (exact) mass is 340 g/mol. The second kappa shape index (κ2) is 8.21. The van der Waals surface area contributed by atoms with Crippen molar-refractivity contribution >= 4 is 7.60 Å². The minimum absolute atomic E-state index is 0.0779. The Morgan fingerprint density at radius 2 is 1.83 bits per heavy atom. The molecule has 0 aliphatic heterocycles. The maximum Gasteiger partial charge on any atom is 0.351 e. The summed E-state index contributed by atoms with van der Waals surface area (Å²) in [5, 5.41) is 19.2. The van der Waals surface area contributed by atoms with E-state index in [1.54, 1.807) is 44.2 Å². The normalized spacial score (nSPS) is 15.4. The van der Waals surface area contributed by atoms with E-state index in [0.717, 1.165) is 0 Å². The van der Waals surface area contributed by atoms with Gasteiger partial charge in [0, 0.05) is 4.92 Å². The number of nitriles is 1. The standard InChI is InChI=1S/C15H21N2O5P/c1-4-21-23(20,22-5-2)15(3,12-16)14(11-17(18)19)13-9-7-6-8-10-13/h6-10,14H,4-5,11H2,1-3H3. The minimum atomic E-state index is -3.88. The number of benzene rings is 1. The van der Waals surface area contributed by atoms with Gasteiger partial charge in [0.05, 0.1) is 25.2 Å². The van der Waals surface area contributed by atoms with Gasteiger partial charge >= 0.3 is 7.60 Å². The Morgan fingerprint density at radius 3 is 2.22 bits per heavy atom. The number of rotatable bonds is 9. The molecule has 0 saturated heterocycles. The van der Waals surface area contributed by atoms with Crippen LogP contribution in [-0.4, -0.2) is 29.8 Å². The van der Waals surface area contributed by atoms with Crippen LogP contribution < -0.4 is 0 Å². The first-order valence-electron chi connectivity index (χ1n) is 7.31. The van der Waals surface area contributed by atoms with E-state index in [2.05, 4.69) is 0 Å². The molecule has 2 atom stereocenters. The molecule has 23 heavy (non-hydrogen) atoms. The van der Waals surface area contributed by atoms with E-state index in [4.69, 9.17) is 9.05 Å². The maximum absolute atomic E-state index is 13.2. The molecule has 1 rings (SSSR count).